The van der Waals surface area contributed by atoms with Crippen molar-refractivity contribution in [2.45, 2.75) is 0 Å². The highest BCUT2D eigenvalue weighted by Gasteiger charge is 2.13. The Bertz CT molecular complexity index is 679. The van der Waals surface area contributed by atoms with E-state index in [1.54, 1.807) is 17.5 Å². The molecule has 0 aliphatic rings. The van der Waals surface area contributed by atoms with Crippen molar-refractivity contribution < 1.29 is 19.1 Å². The third-order valence-electron chi connectivity index (χ3n) is 2.43. The number of carboxylic acids is 1. The summed E-state index contributed by atoms with van der Waals surface area (Å²) in [7, 11) is 0. The molecule has 20 heavy (non-hydrogen) atoms. The van der Waals surface area contributed by atoms with Crippen molar-refractivity contribution in [3.05, 3.63) is 58.0 Å². The van der Waals surface area contributed by atoms with Crippen LogP contribution in [-0.2, 0) is 4.79 Å². The number of aliphatic carboxylic acids is 1. The van der Waals surface area contributed by atoms with Crippen LogP contribution in [0.1, 0.15) is 15.2 Å². The Kier molecular flexibility index (Phi) is 4.27. The summed E-state index contributed by atoms with van der Waals surface area (Å²) in [6, 6.07) is 7.46. The maximum absolute atomic E-state index is 13.4. The second kappa shape index (κ2) is 6.12. The molecule has 4 nitrogen and oxygen atoms in total. The molecule has 0 fully saturated rings. The van der Waals surface area contributed by atoms with Gasteiger partial charge in [-0.05, 0) is 35.2 Å². The van der Waals surface area contributed by atoms with Crippen molar-refractivity contribution in [3.8, 4) is 0 Å². The fraction of sp³-hybridized carbons (Fsp3) is 0. The van der Waals surface area contributed by atoms with Gasteiger partial charge in [0.05, 0.1) is 10.6 Å². The molecule has 0 spiro atoms. The van der Waals surface area contributed by atoms with Gasteiger partial charge in [0.25, 0.3) is 5.91 Å². The summed E-state index contributed by atoms with van der Waals surface area (Å²) < 4.78 is 13.4. The second-order valence-corrected chi connectivity index (χ2v) is 4.73. The summed E-state index contributed by atoms with van der Waals surface area (Å²) in [6.45, 7) is 0. The average Bonchev–Trinajstić information content (AvgIpc) is 2.87. The minimum absolute atomic E-state index is 0.0825. The standard InChI is InChI=1S/C14H10FNO3S/c15-10-3-1-2-4-11(10)16-14(19)13-9(7-8-20-13)5-6-12(17)18/h1-8H,(H,16,19)(H,17,18). The molecule has 0 saturated carbocycles. The van der Waals surface area contributed by atoms with Gasteiger partial charge < -0.3 is 10.4 Å². The molecular formula is C14H10FNO3S. The summed E-state index contributed by atoms with van der Waals surface area (Å²) in [6.07, 6.45) is 2.27. The number of carbonyl (C=O) groups is 2. The third kappa shape index (κ3) is 3.30. The summed E-state index contributed by atoms with van der Waals surface area (Å²) in [5, 5.41) is 12.7. The number of halogens is 1. The quantitative estimate of drug-likeness (QED) is 0.850. The Hall–Kier alpha value is -2.47. The molecule has 2 aromatic rings. The van der Waals surface area contributed by atoms with Gasteiger partial charge in [0.15, 0.2) is 0 Å². The lowest BCUT2D eigenvalue weighted by Crippen LogP contribution is -2.12. The van der Waals surface area contributed by atoms with Crippen molar-refractivity contribution in [2.24, 2.45) is 0 Å². The molecule has 0 atom stereocenters. The van der Waals surface area contributed by atoms with Crippen LogP contribution in [0.5, 0.6) is 0 Å². The fourth-order valence-electron chi connectivity index (χ4n) is 1.54. The van der Waals surface area contributed by atoms with E-state index in [-0.39, 0.29) is 5.69 Å². The van der Waals surface area contributed by atoms with Crippen LogP contribution in [0, 0.1) is 5.82 Å². The van der Waals surface area contributed by atoms with Crippen LogP contribution in [0.4, 0.5) is 10.1 Å². The highest BCUT2D eigenvalue weighted by molar-refractivity contribution is 7.12. The van der Waals surface area contributed by atoms with Gasteiger partial charge >= 0.3 is 5.97 Å². The van der Waals surface area contributed by atoms with Crippen LogP contribution < -0.4 is 5.32 Å². The largest absolute Gasteiger partial charge is 0.478 e. The number of carboxylic acid groups (broad SMARTS) is 1. The van der Waals surface area contributed by atoms with Crippen LogP contribution in [-0.4, -0.2) is 17.0 Å². The smallest absolute Gasteiger partial charge is 0.328 e. The molecular weight excluding hydrogens is 281 g/mol. The van der Waals surface area contributed by atoms with Gasteiger partial charge in [-0.1, -0.05) is 12.1 Å². The van der Waals surface area contributed by atoms with E-state index in [0.717, 1.165) is 17.4 Å². The van der Waals surface area contributed by atoms with Gasteiger partial charge in [-0.3, -0.25) is 4.79 Å². The van der Waals surface area contributed by atoms with E-state index < -0.39 is 17.7 Å². The van der Waals surface area contributed by atoms with E-state index in [9.17, 15) is 14.0 Å². The van der Waals surface area contributed by atoms with Crippen LogP contribution in [0.3, 0.4) is 0 Å². The topological polar surface area (TPSA) is 66.4 Å². The molecule has 0 aliphatic carbocycles. The Morgan fingerprint density at radius 3 is 2.70 bits per heavy atom. The molecule has 1 amide bonds. The number of hydrogen-bond acceptors (Lipinski definition) is 3. The SMILES string of the molecule is O=C(O)C=Cc1ccsc1C(=O)Nc1ccccc1F. The minimum atomic E-state index is -1.10. The molecule has 0 bridgehead atoms. The zero-order valence-electron chi connectivity index (χ0n) is 10.2. The highest BCUT2D eigenvalue weighted by atomic mass is 32.1. The summed E-state index contributed by atoms with van der Waals surface area (Å²) in [5.74, 6) is -2.10. The first-order valence-corrected chi connectivity index (χ1v) is 6.50. The van der Waals surface area contributed by atoms with Gasteiger partial charge in [0.1, 0.15) is 5.82 Å². The molecule has 1 aromatic heterocycles. The van der Waals surface area contributed by atoms with E-state index >= 15 is 0 Å². The Balaban J connectivity index is 2.20. The molecule has 0 radical (unpaired) electrons. The lowest BCUT2D eigenvalue weighted by molar-refractivity contribution is -0.131. The Labute approximate surface area is 118 Å². The number of thiophene rings is 1. The van der Waals surface area contributed by atoms with Gasteiger partial charge in [-0.15, -0.1) is 11.3 Å². The second-order valence-electron chi connectivity index (χ2n) is 3.81. The predicted molar refractivity (Wildman–Crippen MR) is 75.3 cm³/mol. The highest BCUT2D eigenvalue weighted by Crippen LogP contribution is 2.21. The maximum atomic E-state index is 13.4. The number of amides is 1. The normalized spacial score (nSPS) is 10.7. The van der Waals surface area contributed by atoms with Crippen LogP contribution in [0.15, 0.2) is 41.8 Å². The maximum Gasteiger partial charge on any atom is 0.328 e. The van der Waals surface area contributed by atoms with Crippen molar-refractivity contribution in [3.63, 3.8) is 0 Å². The number of anilines is 1. The van der Waals surface area contributed by atoms with Crippen LogP contribution in [0.25, 0.3) is 6.08 Å². The number of hydrogen-bond donors (Lipinski definition) is 2. The molecule has 1 aromatic carbocycles. The number of carbonyl (C=O) groups excluding carboxylic acids is 1. The third-order valence-corrected chi connectivity index (χ3v) is 3.36. The number of nitrogens with one attached hydrogen (secondary N) is 1. The molecule has 6 heteroatoms. The molecule has 102 valence electrons. The average molecular weight is 291 g/mol. The minimum Gasteiger partial charge on any atom is -0.478 e. The van der Waals surface area contributed by atoms with Gasteiger partial charge in [0, 0.05) is 6.08 Å². The zero-order valence-corrected chi connectivity index (χ0v) is 11.0. The first kappa shape index (κ1) is 14.0. The summed E-state index contributed by atoms with van der Waals surface area (Å²) >= 11 is 1.16. The van der Waals surface area contributed by atoms with E-state index in [2.05, 4.69) is 5.32 Å². The number of rotatable bonds is 4. The molecule has 0 unspecified atom stereocenters. The Morgan fingerprint density at radius 1 is 1.25 bits per heavy atom. The molecule has 0 saturated heterocycles. The van der Waals surface area contributed by atoms with Crippen molar-refractivity contribution in [1.82, 2.24) is 0 Å². The van der Waals surface area contributed by atoms with E-state index in [1.807, 2.05) is 0 Å². The monoisotopic (exact) mass is 291 g/mol. The zero-order chi connectivity index (χ0) is 14.5. The molecule has 2 rings (SSSR count). The molecule has 1 heterocycles. The first-order valence-electron chi connectivity index (χ1n) is 5.62. The van der Waals surface area contributed by atoms with Crippen LogP contribution in [0.2, 0.25) is 0 Å². The van der Waals surface area contributed by atoms with E-state index in [4.69, 9.17) is 5.11 Å². The molecule has 0 aliphatic heterocycles. The molecule has 2 N–H and O–H groups in total. The van der Waals surface area contributed by atoms with E-state index in [0.29, 0.717) is 10.4 Å². The van der Waals surface area contributed by atoms with Crippen LogP contribution >= 0.6 is 11.3 Å². The van der Waals surface area contributed by atoms with Gasteiger partial charge in [-0.2, -0.15) is 0 Å². The Morgan fingerprint density at radius 2 is 2.00 bits per heavy atom. The van der Waals surface area contributed by atoms with Crippen molar-refractivity contribution in [1.29, 1.82) is 0 Å². The lowest BCUT2D eigenvalue weighted by Gasteiger charge is -2.05. The van der Waals surface area contributed by atoms with Gasteiger partial charge in [-0.25, -0.2) is 9.18 Å². The van der Waals surface area contributed by atoms with Gasteiger partial charge in [0.2, 0.25) is 0 Å². The number of para-hydroxylation sites is 1. The predicted octanol–water partition coefficient (Wildman–Crippen LogP) is 3.24. The van der Waals surface area contributed by atoms with E-state index in [1.165, 1.54) is 24.3 Å². The van der Waals surface area contributed by atoms with Crippen molar-refractivity contribution >= 4 is 35.0 Å². The first-order chi connectivity index (χ1) is 9.58. The lowest BCUT2D eigenvalue weighted by atomic mass is 10.2. The number of benzene rings is 1. The van der Waals surface area contributed by atoms with Crippen molar-refractivity contribution in [2.75, 3.05) is 5.32 Å². The summed E-state index contributed by atoms with van der Waals surface area (Å²) in [4.78, 5) is 22.8. The summed E-state index contributed by atoms with van der Waals surface area (Å²) in [5.41, 5.74) is 0.560. The fourth-order valence-corrected chi connectivity index (χ4v) is 2.32.